The van der Waals surface area contributed by atoms with Gasteiger partial charge in [-0.2, -0.15) is 0 Å². The fourth-order valence-corrected chi connectivity index (χ4v) is 2.99. The van der Waals surface area contributed by atoms with E-state index >= 15 is 0 Å². The zero-order chi connectivity index (χ0) is 11.7. The van der Waals surface area contributed by atoms with Crippen LogP contribution >= 0.6 is 0 Å². The Hall–Kier alpha value is -0.170. The molecule has 5 nitrogen and oxygen atoms in total. The highest BCUT2D eigenvalue weighted by molar-refractivity contribution is 7.90. The predicted octanol–water partition coefficient (Wildman–Crippen LogP) is -0.619. The number of likely N-dealkylation sites (N-methyl/N-ethyl adjacent to an activating group) is 1. The standard InChI is InChI=1S/C9H20N2O3S/c1-9(12,7-11(2)3)6-10-15(13,14)8-4-5-8/h8,10,12H,4-7H2,1-3H3. The van der Waals surface area contributed by atoms with Crippen molar-refractivity contribution in [2.24, 2.45) is 0 Å². The Morgan fingerprint density at radius 3 is 2.40 bits per heavy atom. The van der Waals surface area contributed by atoms with Crippen LogP contribution in [0.3, 0.4) is 0 Å². The molecule has 0 heterocycles. The van der Waals surface area contributed by atoms with E-state index in [1.165, 1.54) is 0 Å². The van der Waals surface area contributed by atoms with Gasteiger partial charge in [0, 0.05) is 13.1 Å². The zero-order valence-electron chi connectivity index (χ0n) is 9.52. The highest BCUT2D eigenvalue weighted by Crippen LogP contribution is 2.27. The van der Waals surface area contributed by atoms with Gasteiger partial charge < -0.3 is 10.0 Å². The average molecular weight is 236 g/mol. The van der Waals surface area contributed by atoms with Gasteiger partial charge in [-0.05, 0) is 33.9 Å². The molecule has 1 unspecified atom stereocenters. The molecule has 15 heavy (non-hydrogen) atoms. The summed E-state index contributed by atoms with van der Waals surface area (Å²) in [6.45, 7) is 2.13. The maximum absolute atomic E-state index is 11.5. The summed E-state index contributed by atoms with van der Waals surface area (Å²) in [6.07, 6.45) is 1.48. The van der Waals surface area contributed by atoms with Crippen LogP contribution in [0, 0.1) is 0 Å². The predicted molar refractivity (Wildman–Crippen MR) is 59.1 cm³/mol. The molecule has 2 N–H and O–H groups in total. The molecular formula is C9H20N2O3S. The molecule has 0 saturated heterocycles. The largest absolute Gasteiger partial charge is 0.387 e. The van der Waals surface area contributed by atoms with Crippen molar-refractivity contribution >= 4 is 10.0 Å². The van der Waals surface area contributed by atoms with E-state index in [2.05, 4.69) is 4.72 Å². The van der Waals surface area contributed by atoms with Crippen LogP contribution < -0.4 is 4.72 Å². The summed E-state index contributed by atoms with van der Waals surface area (Å²) < 4.78 is 25.4. The minimum absolute atomic E-state index is 0.0734. The number of hydrogen-bond acceptors (Lipinski definition) is 4. The lowest BCUT2D eigenvalue weighted by Gasteiger charge is -2.26. The number of aliphatic hydroxyl groups is 1. The quantitative estimate of drug-likeness (QED) is 0.645. The van der Waals surface area contributed by atoms with Crippen molar-refractivity contribution in [1.29, 1.82) is 0 Å². The van der Waals surface area contributed by atoms with Crippen LogP contribution in [0.1, 0.15) is 19.8 Å². The molecule has 1 aliphatic carbocycles. The highest BCUT2D eigenvalue weighted by atomic mass is 32.2. The van der Waals surface area contributed by atoms with Crippen LogP contribution in [0.15, 0.2) is 0 Å². The third-order valence-corrected chi connectivity index (χ3v) is 4.17. The monoisotopic (exact) mass is 236 g/mol. The zero-order valence-corrected chi connectivity index (χ0v) is 10.3. The second kappa shape index (κ2) is 4.37. The van der Waals surface area contributed by atoms with Crippen LogP contribution in [-0.2, 0) is 10.0 Å². The Morgan fingerprint density at radius 2 is 2.00 bits per heavy atom. The van der Waals surface area contributed by atoms with Gasteiger partial charge in [0.05, 0.1) is 10.9 Å². The van der Waals surface area contributed by atoms with E-state index in [0.29, 0.717) is 6.54 Å². The maximum Gasteiger partial charge on any atom is 0.214 e. The highest BCUT2D eigenvalue weighted by Gasteiger charge is 2.36. The number of nitrogens with zero attached hydrogens (tertiary/aromatic N) is 1. The van der Waals surface area contributed by atoms with E-state index in [0.717, 1.165) is 12.8 Å². The second-order valence-corrected chi connectivity index (χ2v) is 6.85. The molecule has 0 amide bonds. The van der Waals surface area contributed by atoms with E-state index in [9.17, 15) is 13.5 Å². The molecule has 0 aliphatic heterocycles. The fraction of sp³-hybridized carbons (Fsp3) is 1.00. The smallest absolute Gasteiger partial charge is 0.214 e. The summed E-state index contributed by atoms with van der Waals surface area (Å²) in [5.74, 6) is 0. The van der Waals surface area contributed by atoms with Gasteiger partial charge in [0.25, 0.3) is 0 Å². The molecule has 1 atom stereocenters. The molecule has 90 valence electrons. The van der Waals surface area contributed by atoms with Gasteiger partial charge in [-0.1, -0.05) is 0 Å². The van der Waals surface area contributed by atoms with Gasteiger partial charge >= 0.3 is 0 Å². The van der Waals surface area contributed by atoms with E-state index in [1.807, 2.05) is 19.0 Å². The van der Waals surface area contributed by atoms with Gasteiger partial charge in [0.2, 0.25) is 10.0 Å². The molecule has 0 bridgehead atoms. The Balaban J connectivity index is 2.41. The third-order valence-electron chi connectivity index (χ3n) is 2.27. The summed E-state index contributed by atoms with van der Waals surface area (Å²) in [5.41, 5.74) is -1.02. The topological polar surface area (TPSA) is 69.6 Å². The van der Waals surface area contributed by atoms with Crippen LogP contribution in [-0.4, -0.2) is 56.5 Å². The Morgan fingerprint density at radius 1 is 1.47 bits per heavy atom. The van der Waals surface area contributed by atoms with Crippen molar-refractivity contribution < 1.29 is 13.5 Å². The molecule has 1 fully saturated rings. The van der Waals surface area contributed by atoms with E-state index < -0.39 is 15.6 Å². The molecule has 0 aromatic rings. The van der Waals surface area contributed by atoms with Gasteiger partial charge in [0.1, 0.15) is 0 Å². The normalized spacial score (nSPS) is 21.7. The number of hydrogen-bond donors (Lipinski definition) is 2. The third kappa shape index (κ3) is 4.46. The van der Waals surface area contributed by atoms with Crippen molar-refractivity contribution in [2.75, 3.05) is 27.2 Å². The average Bonchev–Trinajstić information content (AvgIpc) is 2.80. The summed E-state index contributed by atoms with van der Waals surface area (Å²) >= 11 is 0. The van der Waals surface area contributed by atoms with Crippen LogP contribution in [0.2, 0.25) is 0 Å². The van der Waals surface area contributed by atoms with Gasteiger partial charge in [-0.25, -0.2) is 13.1 Å². The molecule has 1 rings (SSSR count). The number of sulfonamides is 1. The molecule has 6 heteroatoms. The summed E-state index contributed by atoms with van der Waals surface area (Å²) in [4.78, 5) is 1.82. The maximum atomic E-state index is 11.5. The fourth-order valence-electron chi connectivity index (χ4n) is 1.49. The molecule has 0 aromatic heterocycles. The molecule has 0 spiro atoms. The molecule has 0 aromatic carbocycles. The molecule has 1 aliphatic rings. The van der Waals surface area contributed by atoms with Crippen LogP contribution in [0.5, 0.6) is 0 Å². The van der Waals surface area contributed by atoms with Crippen molar-refractivity contribution in [3.05, 3.63) is 0 Å². The lowest BCUT2D eigenvalue weighted by Crippen LogP contribution is -2.47. The first-order chi connectivity index (χ1) is 6.73. The lowest BCUT2D eigenvalue weighted by atomic mass is 10.1. The Kier molecular flexibility index (Phi) is 3.76. The van der Waals surface area contributed by atoms with Crippen LogP contribution in [0.4, 0.5) is 0 Å². The SMILES string of the molecule is CN(C)CC(C)(O)CNS(=O)(=O)C1CC1. The van der Waals surface area contributed by atoms with Gasteiger partial charge in [-0.3, -0.25) is 0 Å². The molecular weight excluding hydrogens is 216 g/mol. The first-order valence-electron chi connectivity index (χ1n) is 5.08. The Bertz CT molecular complexity index is 307. The number of rotatable bonds is 6. The molecule has 0 radical (unpaired) electrons. The van der Waals surface area contributed by atoms with Crippen molar-refractivity contribution in [3.8, 4) is 0 Å². The van der Waals surface area contributed by atoms with Crippen LogP contribution in [0.25, 0.3) is 0 Å². The minimum Gasteiger partial charge on any atom is -0.387 e. The van der Waals surface area contributed by atoms with E-state index in [4.69, 9.17) is 0 Å². The van der Waals surface area contributed by atoms with Crippen molar-refractivity contribution in [3.63, 3.8) is 0 Å². The first kappa shape index (κ1) is 12.9. The van der Waals surface area contributed by atoms with Gasteiger partial charge in [-0.15, -0.1) is 0 Å². The van der Waals surface area contributed by atoms with E-state index in [-0.39, 0.29) is 11.8 Å². The summed E-state index contributed by atoms with van der Waals surface area (Å²) in [6, 6.07) is 0. The van der Waals surface area contributed by atoms with Crippen molar-refractivity contribution in [2.45, 2.75) is 30.6 Å². The number of nitrogens with one attached hydrogen (secondary N) is 1. The van der Waals surface area contributed by atoms with Gasteiger partial charge in [0.15, 0.2) is 0 Å². The summed E-state index contributed by atoms with van der Waals surface area (Å²) in [7, 11) is 0.490. The summed E-state index contributed by atoms with van der Waals surface area (Å²) in [5, 5.41) is 9.65. The lowest BCUT2D eigenvalue weighted by molar-refractivity contribution is 0.0386. The van der Waals surface area contributed by atoms with Crippen molar-refractivity contribution in [1.82, 2.24) is 9.62 Å². The molecule has 1 saturated carbocycles. The van der Waals surface area contributed by atoms with E-state index in [1.54, 1.807) is 6.92 Å². The minimum atomic E-state index is -3.18. The first-order valence-corrected chi connectivity index (χ1v) is 6.63. The second-order valence-electron chi connectivity index (χ2n) is 4.80. The Labute approximate surface area is 91.5 Å².